The Hall–Kier alpha value is -1.46. The molecule has 5 nitrogen and oxygen atoms in total. The summed E-state index contributed by atoms with van der Waals surface area (Å²) in [6, 6.07) is 3.34. The number of nitrogens with one attached hydrogen (secondary N) is 1. The van der Waals surface area contributed by atoms with E-state index in [1.165, 1.54) is 0 Å². The number of aliphatic hydroxyl groups excluding tert-OH is 1. The Labute approximate surface area is 107 Å². The maximum atomic E-state index is 12.2. The van der Waals surface area contributed by atoms with E-state index in [4.69, 9.17) is 0 Å². The van der Waals surface area contributed by atoms with E-state index in [0.717, 1.165) is 12.1 Å². The number of rotatable bonds is 3. The van der Waals surface area contributed by atoms with E-state index in [1.54, 1.807) is 17.3 Å². The van der Waals surface area contributed by atoms with Gasteiger partial charge in [-0.05, 0) is 23.6 Å². The summed E-state index contributed by atoms with van der Waals surface area (Å²) in [5.74, 6) is 0.353. The van der Waals surface area contributed by atoms with Crippen LogP contribution in [0.1, 0.15) is 12.5 Å². The van der Waals surface area contributed by atoms with Gasteiger partial charge in [0.25, 0.3) is 0 Å². The van der Waals surface area contributed by atoms with Crippen molar-refractivity contribution >= 4 is 5.91 Å². The van der Waals surface area contributed by atoms with Crippen molar-refractivity contribution in [1.29, 1.82) is 0 Å². The minimum atomic E-state index is -0.475. The average Bonchev–Trinajstić information content (AvgIpc) is 2.51. The van der Waals surface area contributed by atoms with Crippen molar-refractivity contribution in [2.75, 3.05) is 19.7 Å². The highest BCUT2D eigenvalue weighted by atomic mass is 16.3. The third kappa shape index (κ3) is 3.05. The van der Waals surface area contributed by atoms with Gasteiger partial charge in [-0.2, -0.15) is 0 Å². The fourth-order valence-electron chi connectivity index (χ4n) is 2.18. The first-order valence-electron chi connectivity index (χ1n) is 6.22. The minimum Gasteiger partial charge on any atom is -0.394 e. The third-order valence-corrected chi connectivity index (χ3v) is 3.16. The Kier molecular flexibility index (Phi) is 4.28. The van der Waals surface area contributed by atoms with Crippen LogP contribution < -0.4 is 5.32 Å². The van der Waals surface area contributed by atoms with Gasteiger partial charge in [0.15, 0.2) is 0 Å². The second-order valence-corrected chi connectivity index (χ2v) is 4.82. The first-order chi connectivity index (χ1) is 8.70. The standard InChI is InChI=1S/C13H19N3O2/c1-10-6-15-12(9-17)13(18)16(7-10)8-11-2-4-14-5-3-11/h2-5,10,12,15,17H,6-9H2,1H3. The molecule has 2 N–H and O–H groups in total. The van der Waals surface area contributed by atoms with Gasteiger partial charge < -0.3 is 15.3 Å². The van der Waals surface area contributed by atoms with Crippen molar-refractivity contribution < 1.29 is 9.90 Å². The van der Waals surface area contributed by atoms with E-state index in [9.17, 15) is 9.90 Å². The molecule has 1 saturated heterocycles. The Morgan fingerprint density at radius 1 is 1.50 bits per heavy atom. The number of pyridine rings is 1. The number of amides is 1. The Bertz CT molecular complexity index is 396. The fraction of sp³-hybridized carbons (Fsp3) is 0.538. The summed E-state index contributed by atoms with van der Waals surface area (Å²) in [6.45, 7) is 3.98. The van der Waals surface area contributed by atoms with Crippen molar-refractivity contribution in [3.05, 3.63) is 30.1 Å². The third-order valence-electron chi connectivity index (χ3n) is 3.16. The number of hydrogen-bond acceptors (Lipinski definition) is 4. The highest BCUT2D eigenvalue weighted by Crippen LogP contribution is 2.11. The fourth-order valence-corrected chi connectivity index (χ4v) is 2.18. The van der Waals surface area contributed by atoms with Gasteiger partial charge in [0.05, 0.1) is 6.61 Å². The second kappa shape index (κ2) is 5.93. The molecule has 0 aromatic carbocycles. The van der Waals surface area contributed by atoms with Gasteiger partial charge in [0.2, 0.25) is 5.91 Å². The van der Waals surface area contributed by atoms with E-state index in [-0.39, 0.29) is 12.5 Å². The van der Waals surface area contributed by atoms with Crippen molar-refractivity contribution in [3.8, 4) is 0 Å². The van der Waals surface area contributed by atoms with Crippen molar-refractivity contribution in [3.63, 3.8) is 0 Å². The molecular formula is C13H19N3O2. The molecule has 0 bridgehead atoms. The number of aromatic nitrogens is 1. The topological polar surface area (TPSA) is 65.5 Å². The van der Waals surface area contributed by atoms with Crippen molar-refractivity contribution in [2.45, 2.75) is 19.5 Å². The van der Waals surface area contributed by atoms with Crippen LogP contribution in [0.2, 0.25) is 0 Å². The van der Waals surface area contributed by atoms with Crippen molar-refractivity contribution in [2.24, 2.45) is 5.92 Å². The van der Waals surface area contributed by atoms with Gasteiger partial charge >= 0.3 is 0 Å². The predicted octanol–water partition coefficient (Wildman–Crippen LogP) is 0.0104. The molecule has 1 aliphatic heterocycles. The zero-order valence-electron chi connectivity index (χ0n) is 10.5. The number of nitrogens with zero attached hydrogens (tertiary/aromatic N) is 2. The van der Waals surface area contributed by atoms with Crippen LogP contribution >= 0.6 is 0 Å². The van der Waals surface area contributed by atoms with Gasteiger partial charge in [-0.15, -0.1) is 0 Å². The highest BCUT2D eigenvalue weighted by molar-refractivity contribution is 5.82. The van der Waals surface area contributed by atoms with Crippen LogP contribution in [0.5, 0.6) is 0 Å². The van der Waals surface area contributed by atoms with Gasteiger partial charge in [0.1, 0.15) is 6.04 Å². The molecule has 18 heavy (non-hydrogen) atoms. The molecule has 1 aliphatic rings. The van der Waals surface area contributed by atoms with E-state index < -0.39 is 6.04 Å². The molecule has 5 heteroatoms. The summed E-state index contributed by atoms with van der Waals surface area (Å²) in [5.41, 5.74) is 1.06. The molecule has 2 unspecified atom stereocenters. The Balaban J connectivity index is 2.11. The molecule has 1 aromatic heterocycles. The predicted molar refractivity (Wildman–Crippen MR) is 67.7 cm³/mol. The SMILES string of the molecule is CC1CNC(CO)C(=O)N(Cc2ccncc2)C1. The lowest BCUT2D eigenvalue weighted by atomic mass is 10.1. The van der Waals surface area contributed by atoms with Gasteiger partial charge in [-0.3, -0.25) is 9.78 Å². The molecule has 0 aliphatic carbocycles. The van der Waals surface area contributed by atoms with Crippen LogP contribution in [0.25, 0.3) is 0 Å². The molecule has 0 spiro atoms. The number of carbonyl (C=O) groups excluding carboxylic acids is 1. The van der Waals surface area contributed by atoms with Crippen LogP contribution in [-0.4, -0.2) is 46.6 Å². The summed E-state index contributed by atoms with van der Waals surface area (Å²) in [6.07, 6.45) is 3.45. The van der Waals surface area contributed by atoms with Crippen LogP contribution in [0.15, 0.2) is 24.5 Å². The van der Waals surface area contributed by atoms with E-state index in [2.05, 4.69) is 17.2 Å². The summed E-state index contributed by atoms with van der Waals surface area (Å²) >= 11 is 0. The lowest BCUT2D eigenvalue weighted by molar-refractivity contribution is -0.134. The van der Waals surface area contributed by atoms with E-state index in [0.29, 0.717) is 19.0 Å². The van der Waals surface area contributed by atoms with E-state index in [1.807, 2.05) is 12.1 Å². The largest absolute Gasteiger partial charge is 0.394 e. The first-order valence-corrected chi connectivity index (χ1v) is 6.22. The molecule has 1 aromatic rings. The van der Waals surface area contributed by atoms with Gasteiger partial charge in [0, 0.05) is 32.0 Å². The van der Waals surface area contributed by atoms with Crippen LogP contribution in [0, 0.1) is 5.92 Å². The summed E-state index contributed by atoms with van der Waals surface area (Å²) in [5, 5.41) is 12.3. The Morgan fingerprint density at radius 3 is 2.89 bits per heavy atom. The quantitative estimate of drug-likeness (QED) is 0.792. The smallest absolute Gasteiger partial charge is 0.242 e. The van der Waals surface area contributed by atoms with Gasteiger partial charge in [-0.25, -0.2) is 0 Å². The molecule has 0 saturated carbocycles. The van der Waals surface area contributed by atoms with Crippen LogP contribution in [-0.2, 0) is 11.3 Å². The van der Waals surface area contributed by atoms with Gasteiger partial charge in [-0.1, -0.05) is 6.92 Å². The van der Waals surface area contributed by atoms with Crippen LogP contribution in [0.3, 0.4) is 0 Å². The zero-order chi connectivity index (χ0) is 13.0. The summed E-state index contributed by atoms with van der Waals surface area (Å²) in [7, 11) is 0. The lowest BCUT2D eigenvalue weighted by Crippen LogP contribution is -2.45. The summed E-state index contributed by atoms with van der Waals surface area (Å²) < 4.78 is 0. The molecule has 2 atom stereocenters. The maximum Gasteiger partial charge on any atom is 0.242 e. The normalized spacial score (nSPS) is 25.0. The molecule has 2 heterocycles. The lowest BCUT2D eigenvalue weighted by Gasteiger charge is -2.24. The van der Waals surface area contributed by atoms with E-state index >= 15 is 0 Å². The first kappa shape index (κ1) is 13.0. The van der Waals surface area contributed by atoms with Crippen molar-refractivity contribution in [1.82, 2.24) is 15.2 Å². The molecule has 2 rings (SSSR count). The average molecular weight is 249 g/mol. The second-order valence-electron chi connectivity index (χ2n) is 4.82. The molecule has 1 amide bonds. The monoisotopic (exact) mass is 249 g/mol. The molecular weight excluding hydrogens is 230 g/mol. The number of aliphatic hydroxyl groups is 1. The number of hydrogen-bond donors (Lipinski definition) is 2. The highest BCUT2D eigenvalue weighted by Gasteiger charge is 2.28. The maximum absolute atomic E-state index is 12.2. The molecule has 98 valence electrons. The zero-order valence-corrected chi connectivity index (χ0v) is 10.5. The minimum absolute atomic E-state index is 0.0290. The molecule has 0 radical (unpaired) electrons. The Morgan fingerprint density at radius 2 is 2.22 bits per heavy atom. The molecule has 1 fully saturated rings. The van der Waals surface area contributed by atoms with Crippen LogP contribution in [0.4, 0.5) is 0 Å². The summed E-state index contributed by atoms with van der Waals surface area (Å²) in [4.78, 5) is 18.0. The number of carbonyl (C=O) groups is 1.